The molecule has 2 atom stereocenters. The number of hydrogen-bond donors (Lipinski definition) is 3. The Bertz CT molecular complexity index is 1300. The van der Waals surface area contributed by atoms with Crippen molar-refractivity contribution in [1.29, 1.82) is 0 Å². The molecule has 3 N–H and O–H groups in total. The maximum atomic E-state index is 12.4. The number of rotatable bonds is 68. The Balaban J connectivity index is 3.31. The minimum atomic E-state index is -0.660. The number of carbonyl (C=O) groups excluding carboxylic acids is 2. The van der Waals surface area contributed by atoms with E-state index in [1.807, 2.05) is 0 Å². The monoisotopic (exact) mass is 1120 g/mol. The molecule has 0 aliphatic rings. The van der Waals surface area contributed by atoms with Crippen LogP contribution in [0.15, 0.2) is 36.5 Å². The molecule has 0 fully saturated rings. The maximum absolute atomic E-state index is 12.4. The highest BCUT2D eigenvalue weighted by Crippen LogP contribution is 2.19. The third-order valence-corrected chi connectivity index (χ3v) is 16.9. The van der Waals surface area contributed by atoms with Gasteiger partial charge in [-0.05, 0) is 83.5 Å². The van der Waals surface area contributed by atoms with Gasteiger partial charge in [-0.1, -0.05) is 339 Å². The van der Waals surface area contributed by atoms with E-state index in [0.717, 1.165) is 51.4 Å². The average Bonchev–Trinajstić information content (AvgIpc) is 3.46. The van der Waals surface area contributed by atoms with Crippen molar-refractivity contribution in [2.24, 2.45) is 0 Å². The number of ether oxygens (including phenoxy) is 1. The minimum Gasteiger partial charge on any atom is -0.466 e. The predicted octanol–water partition coefficient (Wildman–Crippen LogP) is 23.5. The van der Waals surface area contributed by atoms with Gasteiger partial charge in [-0.25, -0.2) is 0 Å². The molecule has 0 aliphatic carbocycles. The smallest absolute Gasteiger partial charge is 0.305 e. The van der Waals surface area contributed by atoms with Crippen LogP contribution in [0.5, 0.6) is 0 Å². The molecule has 0 spiro atoms. The van der Waals surface area contributed by atoms with Gasteiger partial charge < -0.3 is 20.3 Å². The van der Waals surface area contributed by atoms with Gasteiger partial charge in [0, 0.05) is 12.8 Å². The minimum absolute atomic E-state index is 0.0132. The standard InChI is InChI=1S/C74H141NO5/c1-3-5-7-9-11-13-15-16-17-18-39-42-45-48-52-56-60-64-68-74(79)80-69-65-61-57-53-49-46-43-40-37-35-33-31-29-27-25-23-21-19-20-22-24-26-28-30-32-34-36-38-41-44-47-51-55-59-63-67-73(78)75-71(70-76)72(77)66-62-58-54-50-14-12-10-8-6-4-2/h13,15,17-18,21,23,71-72,76-77H,3-12,14,16,19-20,22,24-70H2,1-2H3,(H,75,78)/b15-13-,18-17-,23-21-. The van der Waals surface area contributed by atoms with Crippen LogP contribution in [0, 0.1) is 0 Å². The topological polar surface area (TPSA) is 95.9 Å². The zero-order valence-electron chi connectivity index (χ0n) is 54.1. The van der Waals surface area contributed by atoms with Gasteiger partial charge in [0.05, 0.1) is 25.4 Å². The lowest BCUT2D eigenvalue weighted by Crippen LogP contribution is -2.45. The van der Waals surface area contributed by atoms with Gasteiger partial charge in [0.25, 0.3) is 0 Å². The number of amides is 1. The van der Waals surface area contributed by atoms with E-state index in [9.17, 15) is 19.8 Å². The Morgan fingerprint density at radius 1 is 0.350 bits per heavy atom. The molecule has 0 bridgehead atoms. The van der Waals surface area contributed by atoms with Crippen LogP contribution in [0.4, 0.5) is 0 Å². The number of unbranched alkanes of at least 4 members (excludes halogenated alkanes) is 51. The van der Waals surface area contributed by atoms with Gasteiger partial charge in [0.2, 0.25) is 5.91 Å². The fourth-order valence-corrected chi connectivity index (χ4v) is 11.4. The van der Waals surface area contributed by atoms with Crippen molar-refractivity contribution in [2.75, 3.05) is 13.2 Å². The van der Waals surface area contributed by atoms with Gasteiger partial charge in [-0.2, -0.15) is 0 Å². The van der Waals surface area contributed by atoms with Crippen LogP contribution in [0.25, 0.3) is 0 Å². The number of carbonyl (C=O) groups is 2. The molecular formula is C74H141NO5. The summed E-state index contributed by atoms with van der Waals surface area (Å²) in [5.74, 6) is -0.0183. The van der Waals surface area contributed by atoms with Crippen molar-refractivity contribution < 1.29 is 24.5 Å². The zero-order chi connectivity index (χ0) is 57.8. The lowest BCUT2D eigenvalue weighted by Gasteiger charge is -2.22. The third-order valence-electron chi connectivity index (χ3n) is 16.9. The first-order valence-corrected chi connectivity index (χ1v) is 36.2. The summed E-state index contributed by atoms with van der Waals surface area (Å²) in [7, 11) is 0. The molecule has 0 aromatic carbocycles. The molecule has 0 rings (SSSR count). The largest absolute Gasteiger partial charge is 0.466 e. The number of aliphatic hydroxyl groups excluding tert-OH is 2. The van der Waals surface area contributed by atoms with Crippen molar-refractivity contribution in [1.82, 2.24) is 5.32 Å². The van der Waals surface area contributed by atoms with Gasteiger partial charge >= 0.3 is 5.97 Å². The molecule has 0 saturated carbocycles. The first kappa shape index (κ1) is 78.1. The number of aliphatic hydroxyl groups is 2. The summed E-state index contributed by atoms with van der Waals surface area (Å²) < 4.78 is 5.50. The number of allylic oxidation sites excluding steroid dienone is 6. The van der Waals surface area contributed by atoms with Crippen LogP contribution in [-0.2, 0) is 14.3 Å². The molecule has 0 saturated heterocycles. The Morgan fingerprint density at radius 2 is 0.625 bits per heavy atom. The van der Waals surface area contributed by atoms with E-state index in [-0.39, 0.29) is 18.5 Å². The Hall–Kier alpha value is -1.92. The molecule has 6 nitrogen and oxygen atoms in total. The SMILES string of the molecule is CCCCCC/C=C\C/C=C\CCCCCCCCCC(=O)OCCCCCCCCCCCCCCCC/C=C\CCCCCCCCCCCCCCCCCCCC(=O)NC(CO)C(O)CCCCCCCCCCCC. The fourth-order valence-electron chi connectivity index (χ4n) is 11.4. The van der Waals surface area contributed by atoms with Crippen LogP contribution < -0.4 is 5.32 Å². The van der Waals surface area contributed by atoms with E-state index in [4.69, 9.17) is 4.74 Å². The van der Waals surface area contributed by atoms with E-state index in [1.54, 1.807) is 0 Å². The molecule has 2 unspecified atom stereocenters. The third kappa shape index (κ3) is 65.2. The summed E-state index contributed by atoms with van der Waals surface area (Å²) in [6, 6.07) is -0.537. The number of esters is 1. The second kappa shape index (κ2) is 69.6. The van der Waals surface area contributed by atoms with Gasteiger partial charge in [0.1, 0.15) is 0 Å². The van der Waals surface area contributed by atoms with E-state index < -0.39 is 12.1 Å². The van der Waals surface area contributed by atoms with Crippen molar-refractivity contribution >= 4 is 11.9 Å². The molecule has 1 amide bonds. The molecule has 80 heavy (non-hydrogen) atoms. The van der Waals surface area contributed by atoms with Gasteiger partial charge in [-0.3, -0.25) is 9.59 Å². The zero-order valence-corrected chi connectivity index (χ0v) is 54.1. The molecule has 0 aromatic rings. The predicted molar refractivity (Wildman–Crippen MR) is 352 cm³/mol. The Labute approximate surface area is 500 Å². The van der Waals surface area contributed by atoms with E-state index in [0.29, 0.717) is 25.9 Å². The molecule has 0 heterocycles. The van der Waals surface area contributed by atoms with E-state index >= 15 is 0 Å². The summed E-state index contributed by atoms with van der Waals surface area (Å²) >= 11 is 0. The second-order valence-electron chi connectivity index (χ2n) is 24.9. The summed E-state index contributed by atoms with van der Waals surface area (Å²) in [5, 5.41) is 23.2. The lowest BCUT2D eigenvalue weighted by atomic mass is 10.0. The highest BCUT2D eigenvalue weighted by atomic mass is 16.5. The molecule has 6 heteroatoms. The molecule has 472 valence electrons. The first-order chi connectivity index (χ1) is 39.5. The van der Waals surface area contributed by atoms with E-state index in [1.165, 1.54) is 315 Å². The Kier molecular flexibility index (Phi) is 67.9. The van der Waals surface area contributed by atoms with Crippen LogP contribution in [0.2, 0.25) is 0 Å². The van der Waals surface area contributed by atoms with Crippen molar-refractivity contribution in [3.8, 4) is 0 Å². The van der Waals surface area contributed by atoms with E-state index in [2.05, 4.69) is 55.6 Å². The highest BCUT2D eigenvalue weighted by molar-refractivity contribution is 5.76. The van der Waals surface area contributed by atoms with Gasteiger partial charge in [0.15, 0.2) is 0 Å². The quantitative estimate of drug-likeness (QED) is 0.0320. The summed E-state index contributed by atoms with van der Waals surface area (Å²) in [5.41, 5.74) is 0. The molecule has 0 radical (unpaired) electrons. The van der Waals surface area contributed by atoms with Crippen molar-refractivity contribution in [3.63, 3.8) is 0 Å². The molecule has 0 aromatic heterocycles. The maximum Gasteiger partial charge on any atom is 0.305 e. The van der Waals surface area contributed by atoms with Crippen molar-refractivity contribution in [2.45, 2.75) is 411 Å². The van der Waals surface area contributed by atoms with Crippen LogP contribution in [-0.4, -0.2) is 47.4 Å². The molecule has 0 aliphatic heterocycles. The Morgan fingerprint density at radius 3 is 0.975 bits per heavy atom. The van der Waals surface area contributed by atoms with Crippen LogP contribution in [0.3, 0.4) is 0 Å². The van der Waals surface area contributed by atoms with Gasteiger partial charge in [-0.15, -0.1) is 0 Å². The van der Waals surface area contributed by atoms with Crippen LogP contribution in [0.1, 0.15) is 399 Å². The summed E-state index contributed by atoms with van der Waals surface area (Å²) in [6.45, 7) is 4.95. The second-order valence-corrected chi connectivity index (χ2v) is 24.9. The normalized spacial score (nSPS) is 12.7. The first-order valence-electron chi connectivity index (χ1n) is 36.2. The number of nitrogens with one attached hydrogen (secondary N) is 1. The summed E-state index contributed by atoms with van der Waals surface area (Å²) in [4.78, 5) is 24.6. The molecular weight excluding hydrogens is 983 g/mol. The van der Waals surface area contributed by atoms with Crippen LogP contribution >= 0.6 is 0 Å². The highest BCUT2D eigenvalue weighted by Gasteiger charge is 2.20. The summed E-state index contributed by atoms with van der Waals surface area (Å²) in [6.07, 6.45) is 89.4. The number of hydrogen-bond acceptors (Lipinski definition) is 5. The average molecular weight is 1120 g/mol. The van der Waals surface area contributed by atoms with Crippen molar-refractivity contribution in [3.05, 3.63) is 36.5 Å². The fraction of sp³-hybridized carbons (Fsp3) is 0.892. The lowest BCUT2D eigenvalue weighted by molar-refractivity contribution is -0.143.